The van der Waals surface area contributed by atoms with Gasteiger partial charge in [-0.3, -0.25) is 0 Å². The quantitative estimate of drug-likeness (QED) is 0.603. The van der Waals surface area contributed by atoms with E-state index >= 15 is 0 Å². The van der Waals surface area contributed by atoms with E-state index in [-0.39, 0.29) is 17.6 Å². The second-order valence-electron chi connectivity index (χ2n) is 6.06. The van der Waals surface area contributed by atoms with E-state index in [9.17, 15) is 9.18 Å². The van der Waals surface area contributed by atoms with Crippen molar-refractivity contribution in [3.05, 3.63) is 71.3 Å². The molecule has 2 aromatic rings. The zero-order valence-electron chi connectivity index (χ0n) is 14.8. The van der Waals surface area contributed by atoms with Crippen LogP contribution in [-0.2, 0) is 11.2 Å². The molecule has 0 aliphatic carbocycles. The standard InChI is InChI=1S/C20H23FN2O2/c1-5-10-22-18-14(4)16(11-15-6-8-17(21)9-7-15)12-23-19(18)20(24)25-13(2)3/h5-9,12-13,22H,1,10-11H2,2-4H3. The fraction of sp³-hybridized carbons (Fsp3) is 0.300. The van der Waals surface area contributed by atoms with E-state index < -0.39 is 5.97 Å². The summed E-state index contributed by atoms with van der Waals surface area (Å²) in [7, 11) is 0. The second-order valence-corrected chi connectivity index (χ2v) is 6.06. The topological polar surface area (TPSA) is 51.2 Å². The number of nitrogens with one attached hydrogen (secondary N) is 1. The molecule has 0 atom stereocenters. The van der Waals surface area contributed by atoms with E-state index in [1.54, 1.807) is 38.3 Å². The molecule has 132 valence electrons. The van der Waals surface area contributed by atoms with Gasteiger partial charge >= 0.3 is 5.97 Å². The lowest BCUT2D eigenvalue weighted by molar-refractivity contribution is 0.0372. The van der Waals surface area contributed by atoms with Crippen molar-refractivity contribution >= 4 is 11.7 Å². The lowest BCUT2D eigenvalue weighted by Gasteiger charge is -2.17. The molecule has 0 unspecified atom stereocenters. The van der Waals surface area contributed by atoms with Gasteiger partial charge in [0.25, 0.3) is 0 Å². The number of benzene rings is 1. The van der Waals surface area contributed by atoms with Gasteiger partial charge in [-0.05, 0) is 56.0 Å². The molecule has 0 saturated heterocycles. The summed E-state index contributed by atoms with van der Waals surface area (Å²) in [4.78, 5) is 16.6. The molecule has 1 aromatic heterocycles. The first-order valence-electron chi connectivity index (χ1n) is 8.21. The average molecular weight is 342 g/mol. The van der Waals surface area contributed by atoms with Crippen LogP contribution in [0, 0.1) is 12.7 Å². The third-order valence-electron chi connectivity index (χ3n) is 3.71. The minimum atomic E-state index is -0.460. The van der Waals surface area contributed by atoms with Crippen LogP contribution in [0.3, 0.4) is 0 Å². The first-order chi connectivity index (χ1) is 11.9. The monoisotopic (exact) mass is 342 g/mol. The Labute approximate surface area is 147 Å². The molecule has 0 aliphatic rings. The van der Waals surface area contributed by atoms with Gasteiger partial charge in [0.05, 0.1) is 11.8 Å². The van der Waals surface area contributed by atoms with Crippen LogP contribution in [0.15, 0.2) is 43.1 Å². The lowest BCUT2D eigenvalue weighted by Crippen LogP contribution is -2.17. The highest BCUT2D eigenvalue weighted by molar-refractivity contribution is 5.94. The van der Waals surface area contributed by atoms with Crippen molar-refractivity contribution in [3.63, 3.8) is 0 Å². The first-order valence-corrected chi connectivity index (χ1v) is 8.21. The summed E-state index contributed by atoms with van der Waals surface area (Å²) >= 11 is 0. The summed E-state index contributed by atoms with van der Waals surface area (Å²) in [6, 6.07) is 6.35. The molecule has 25 heavy (non-hydrogen) atoms. The van der Waals surface area contributed by atoms with Crippen molar-refractivity contribution in [1.29, 1.82) is 0 Å². The molecule has 0 bridgehead atoms. The molecular formula is C20H23FN2O2. The number of pyridine rings is 1. The normalized spacial score (nSPS) is 10.6. The van der Waals surface area contributed by atoms with Crippen LogP contribution in [0.2, 0.25) is 0 Å². The minimum absolute atomic E-state index is 0.222. The van der Waals surface area contributed by atoms with Gasteiger partial charge in [0.15, 0.2) is 5.69 Å². The molecule has 0 fully saturated rings. The Morgan fingerprint density at radius 3 is 2.64 bits per heavy atom. The molecule has 5 heteroatoms. The van der Waals surface area contributed by atoms with Gasteiger partial charge in [-0.2, -0.15) is 0 Å². The lowest BCUT2D eigenvalue weighted by atomic mass is 10.00. The summed E-state index contributed by atoms with van der Waals surface area (Å²) in [5, 5.41) is 3.18. The Kier molecular flexibility index (Phi) is 6.28. The van der Waals surface area contributed by atoms with Crippen molar-refractivity contribution in [2.45, 2.75) is 33.3 Å². The number of hydrogen-bond acceptors (Lipinski definition) is 4. The predicted molar refractivity (Wildman–Crippen MR) is 97.4 cm³/mol. The number of carbonyl (C=O) groups excluding carboxylic acids is 1. The zero-order chi connectivity index (χ0) is 18.4. The van der Waals surface area contributed by atoms with Crippen LogP contribution in [0.4, 0.5) is 10.1 Å². The summed E-state index contributed by atoms with van der Waals surface area (Å²) in [5.41, 5.74) is 3.75. The Hall–Kier alpha value is -2.69. The summed E-state index contributed by atoms with van der Waals surface area (Å²) in [6.07, 6.45) is 3.76. The molecule has 4 nitrogen and oxygen atoms in total. The van der Waals surface area contributed by atoms with E-state index in [0.29, 0.717) is 18.7 Å². The highest BCUT2D eigenvalue weighted by Gasteiger charge is 2.19. The zero-order valence-corrected chi connectivity index (χ0v) is 14.8. The van der Waals surface area contributed by atoms with Gasteiger partial charge in [0.2, 0.25) is 0 Å². The van der Waals surface area contributed by atoms with Crippen LogP contribution >= 0.6 is 0 Å². The third kappa shape index (κ3) is 4.89. The molecule has 1 heterocycles. The number of carbonyl (C=O) groups is 1. The summed E-state index contributed by atoms with van der Waals surface area (Å²) in [5.74, 6) is -0.725. The second kappa shape index (κ2) is 8.42. The number of anilines is 1. The molecule has 0 radical (unpaired) electrons. The number of rotatable bonds is 7. The van der Waals surface area contributed by atoms with Gasteiger partial charge in [0, 0.05) is 12.7 Å². The van der Waals surface area contributed by atoms with Gasteiger partial charge in [-0.15, -0.1) is 6.58 Å². The Morgan fingerprint density at radius 2 is 2.04 bits per heavy atom. The molecule has 1 N–H and O–H groups in total. The van der Waals surface area contributed by atoms with E-state index in [2.05, 4.69) is 16.9 Å². The van der Waals surface area contributed by atoms with Crippen LogP contribution < -0.4 is 5.32 Å². The number of hydrogen-bond donors (Lipinski definition) is 1. The Bertz CT molecular complexity index is 755. The predicted octanol–water partition coefficient (Wildman–Crippen LogP) is 4.28. The van der Waals surface area contributed by atoms with Crippen LogP contribution in [0.5, 0.6) is 0 Å². The number of aromatic nitrogens is 1. The third-order valence-corrected chi connectivity index (χ3v) is 3.71. The van der Waals surface area contributed by atoms with Gasteiger partial charge < -0.3 is 10.1 Å². The van der Waals surface area contributed by atoms with E-state index in [0.717, 1.165) is 16.7 Å². The van der Waals surface area contributed by atoms with Crippen molar-refractivity contribution in [3.8, 4) is 0 Å². The highest BCUT2D eigenvalue weighted by atomic mass is 19.1. The minimum Gasteiger partial charge on any atom is -0.458 e. The fourth-order valence-corrected chi connectivity index (χ4v) is 2.46. The van der Waals surface area contributed by atoms with Crippen molar-refractivity contribution < 1.29 is 13.9 Å². The van der Waals surface area contributed by atoms with Crippen LogP contribution in [0.1, 0.15) is 41.0 Å². The largest absolute Gasteiger partial charge is 0.458 e. The van der Waals surface area contributed by atoms with Crippen molar-refractivity contribution in [1.82, 2.24) is 4.98 Å². The molecule has 0 saturated carbocycles. The maximum absolute atomic E-state index is 13.1. The summed E-state index contributed by atoms with van der Waals surface area (Å²) < 4.78 is 18.3. The first kappa shape index (κ1) is 18.6. The molecule has 0 spiro atoms. The van der Waals surface area contributed by atoms with Crippen LogP contribution in [-0.4, -0.2) is 23.6 Å². The Balaban J connectivity index is 2.37. The van der Waals surface area contributed by atoms with E-state index in [4.69, 9.17) is 4.74 Å². The Morgan fingerprint density at radius 1 is 1.36 bits per heavy atom. The van der Waals surface area contributed by atoms with Gasteiger partial charge in [-0.1, -0.05) is 18.2 Å². The average Bonchev–Trinajstić information content (AvgIpc) is 2.56. The van der Waals surface area contributed by atoms with Crippen LogP contribution in [0.25, 0.3) is 0 Å². The fourth-order valence-electron chi connectivity index (χ4n) is 2.46. The van der Waals surface area contributed by atoms with E-state index in [1.165, 1.54) is 12.1 Å². The smallest absolute Gasteiger partial charge is 0.359 e. The maximum atomic E-state index is 13.1. The number of nitrogens with zero attached hydrogens (tertiary/aromatic N) is 1. The maximum Gasteiger partial charge on any atom is 0.359 e. The molecular weight excluding hydrogens is 319 g/mol. The van der Waals surface area contributed by atoms with Gasteiger partial charge in [-0.25, -0.2) is 14.2 Å². The summed E-state index contributed by atoms with van der Waals surface area (Å²) in [6.45, 7) is 9.72. The number of halogens is 1. The molecule has 1 aromatic carbocycles. The van der Waals surface area contributed by atoms with E-state index in [1.807, 2.05) is 6.92 Å². The van der Waals surface area contributed by atoms with Crippen molar-refractivity contribution in [2.24, 2.45) is 0 Å². The SMILES string of the molecule is C=CCNc1c(C(=O)OC(C)C)ncc(Cc2ccc(F)cc2)c1C. The molecule has 0 amide bonds. The number of esters is 1. The van der Waals surface area contributed by atoms with Crippen molar-refractivity contribution in [2.75, 3.05) is 11.9 Å². The highest BCUT2D eigenvalue weighted by Crippen LogP contribution is 2.25. The number of ether oxygens (including phenoxy) is 1. The molecule has 0 aliphatic heterocycles. The van der Waals surface area contributed by atoms with Gasteiger partial charge in [0.1, 0.15) is 5.82 Å². The molecule has 2 rings (SSSR count).